The molecule has 1 saturated heterocycles. The van der Waals surface area contributed by atoms with Gasteiger partial charge in [0.2, 0.25) is 0 Å². The molecule has 0 spiro atoms. The van der Waals surface area contributed by atoms with Crippen molar-refractivity contribution in [2.24, 2.45) is 0 Å². The van der Waals surface area contributed by atoms with Gasteiger partial charge in [-0.3, -0.25) is 9.89 Å². The summed E-state index contributed by atoms with van der Waals surface area (Å²) in [7, 11) is 0. The van der Waals surface area contributed by atoms with E-state index in [-0.39, 0.29) is 23.7 Å². The van der Waals surface area contributed by atoms with E-state index < -0.39 is 0 Å². The van der Waals surface area contributed by atoms with Gasteiger partial charge in [-0.1, -0.05) is 26.0 Å². The number of amides is 1. The van der Waals surface area contributed by atoms with Crippen molar-refractivity contribution in [3.8, 4) is 0 Å². The summed E-state index contributed by atoms with van der Waals surface area (Å²) >= 11 is 0. The number of para-hydroxylation sites is 1. The summed E-state index contributed by atoms with van der Waals surface area (Å²) in [6.45, 7) is 5.39. The number of aromatic amines is 1. The highest BCUT2D eigenvalue weighted by atomic mass is 19.1. The fraction of sp³-hybridized carbons (Fsp3) is 0.444. The molecule has 0 bridgehead atoms. The molecule has 0 aliphatic carbocycles. The van der Waals surface area contributed by atoms with Crippen LogP contribution in [0.2, 0.25) is 0 Å². The molecule has 5 nitrogen and oxygen atoms in total. The number of carbonyl (C=O) groups excluding carboxylic acids is 1. The summed E-state index contributed by atoms with van der Waals surface area (Å²) in [4.78, 5) is 14.5. The zero-order chi connectivity index (χ0) is 17.1. The highest BCUT2D eigenvalue weighted by Crippen LogP contribution is 2.22. The fourth-order valence-corrected chi connectivity index (χ4v) is 3.10. The summed E-state index contributed by atoms with van der Waals surface area (Å²) in [5.41, 5.74) is 2.07. The molecule has 0 radical (unpaired) electrons. The van der Waals surface area contributed by atoms with Gasteiger partial charge in [0.15, 0.2) is 0 Å². The van der Waals surface area contributed by atoms with E-state index in [4.69, 9.17) is 0 Å². The number of piperidine rings is 1. The lowest BCUT2D eigenvalue weighted by molar-refractivity contribution is 0.0717. The molecule has 1 amide bonds. The molecule has 0 atom stereocenters. The molecular formula is C18H23FN4O. The van der Waals surface area contributed by atoms with Gasteiger partial charge in [0.25, 0.3) is 5.91 Å². The highest BCUT2D eigenvalue weighted by molar-refractivity contribution is 5.95. The lowest BCUT2D eigenvalue weighted by Gasteiger charge is -2.33. The zero-order valence-electron chi connectivity index (χ0n) is 14.1. The molecule has 0 saturated carbocycles. The monoisotopic (exact) mass is 330 g/mol. The Morgan fingerprint density at radius 1 is 1.33 bits per heavy atom. The average molecular weight is 330 g/mol. The van der Waals surface area contributed by atoms with Crippen molar-refractivity contribution in [1.82, 2.24) is 15.1 Å². The van der Waals surface area contributed by atoms with Gasteiger partial charge in [0, 0.05) is 19.1 Å². The number of carbonyl (C=O) groups is 1. The van der Waals surface area contributed by atoms with Gasteiger partial charge in [0.1, 0.15) is 5.82 Å². The quantitative estimate of drug-likeness (QED) is 0.903. The van der Waals surface area contributed by atoms with E-state index in [0.29, 0.717) is 24.3 Å². The molecule has 1 aromatic carbocycles. The van der Waals surface area contributed by atoms with E-state index in [1.807, 2.05) is 24.8 Å². The van der Waals surface area contributed by atoms with Crippen molar-refractivity contribution in [1.29, 1.82) is 0 Å². The topological polar surface area (TPSA) is 61.0 Å². The lowest BCUT2D eigenvalue weighted by atomic mass is 10.0. The first-order chi connectivity index (χ1) is 11.6. The van der Waals surface area contributed by atoms with Gasteiger partial charge < -0.3 is 10.2 Å². The number of nitrogens with zero attached hydrogens (tertiary/aromatic N) is 2. The summed E-state index contributed by atoms with van der Waals surface area (Å²) in [5, 5.41) is 10.2. The van der Waals surface area contributed by atoms with Gasteiger partial charge in [-0.15, -0.1) is 0 Å². The first kappa shape index (κ1) is 16.5. The Morgan fingerprint density at radius 3 is 2.71 bits per heavy atom. The predicted octanol–water partition coefficient (Wildman–Crippen LogP) is 3.39. The SMILES string of the molecule is CC(C)c1[nH]ncc1C(=O)N1CCC(Nc2ccccc2F)CC1. The summed E-state index contributed by atoms with van der Waals surface area (Å²) in [5.74, 6) is 0.0134. The Labute approximate surface area is 141 Å². The number of hydrogen-bond acceptors (Lipinski definition) is 3. The van der Waals surface area contributed by atoms with E-state index in [9.17, 15) is 9.18 Å². The number of H-pyrrole nitrogens is 1. The van der Waals surface area contributed by atoms with Crippen molar-refractivity contribution in [2.75, 3.05) is 18.4 Å². The Balaban J connectivity index is 1.60. The van der Waals surface area contributed by atoms with Gasteiger partial charge in [-0.05, 0) is 30.9 Å². The first-order valence-corrected chi connectivity index (χ1v) is 8.40. The van der Waals surface area contributed by atoms with E-state index >= 15 is 0 Å². The largest absolute Gasteiger partial charge is 0.380 e. The van der Waals surface area contributed by atoms with E-state index in [2.05, 4.69) is 15.5 Å². The molecule has 6 heteroatoms. The normalized spacial score (nSPS) is 15.8. The van der Waals surface area contributed by atoms with Crippen LogP contribution >= 0.6 is 0 Å². The third kappa shape index (κ3) is 3.42. The highest BCUT2D eigenvalue weighted by Gasteiger charge is 2.26. The number of likely N-dealkylation sites (tertiary alicyclic amines) is 1. The van der Waals surface area contributed by atoms with E-state index in [1.165, 1.54) is 6.07 Å². The molecule has 2 N–H and O–H groups in total. The third-order valence-electron chi connectivity index (χ3n) is 4.49. The number of aromatic nitrogens is 2. The molecule has 2 heterocycles. The van der Waals surface area contributed by atoms with Crippen LogP contribution in [0.5, 0.6) is 0 Å². The van der Waals surface area contributed by atoms with E-state index in [0.717, 1.165) is 18.5 Å². The van der Waals surface area contributed by atoms with Crippen LogP contribution in [0.4, 0.5) is 10.1 Å². The van der Waals surface area contributed by atoms with Crippen LogP contribution in [0.3, 0.4) is 0 Å². The Bertz CT molecular complexity index is 705. The molecule has 1 aliphatic heterocycles. The summed E-state index contributed by atoms with van der Waals surface area (Å²) in [6, 6.07) is 6.87. The molecular weight excluding hydrogens is 307 g/mol. The Hall–Kier alpha value is -2.37. The molecule has 1 aliphatic rings. The molecule has 24 heavy (non-hydrogen) atoms. The first-order valence-electron chi connectivity index (χ1n) is 8.40. The van der Waals surface area contributed by atoms with Crippen molar-refractivity contribution < 1.29 is 9.18 Å². The van der Waals surface area contributed by atoms with Crippen molar-refractivity contribution in [3.05, 3.63) is 47.5 Å². The van der Waals surface area contributed by atoms with Gasteiger partial charge >= 0.3 is 0 Å². The van der Waals surface area contributed by atoms with Crippen LogP contribution < -0.4 is 5.32 Å². The maximum atomic E-state index is 13.7. The summed E-state index contributed by atoms with van der Waals surface area (Å²) in [6.07, 6.45) is 3.21. The minimum absolute atomic E-state index is 0.0248. The number of halogens is 1. The van der Waals surface area contributed by atoms with Crippen LogP contribution in [0.1, 0.15) is 48.7 Å². The molecule has 1 fully saturated rings. The van der Waals surface area contributed by atoms with Crippen LogP contribution in [0, 0.1) is 5.82 Å². The third-order valence-corrected chi connectivity index (χ3v) is 4.49. The second kappa shape index (κ2) is 7.03. The second-order valence-corrected chi connectivity index (χ2v) is 6.54. The Kier molecular flexibility index (Phi) is 4.83. The number of anilines is 1. The number of rotatable bonds is 4. The predicted molar refractivity (Wildman–Crippen MR) is 91.6 cm³/mol. The van der Waals surface area contributed by atoms with E-state index in [1.54, 1.807) is 18.3 Å². The van der Waals surface area contributed by atoms with Gasteiger partial charge in [-0.25, -0.2) is 4.39 Å². The van der Waals surface area contributed by atoms with Crippen molar-refractivity contribution in [2.45, 2.75) is 38.6 Å². The summed E-state index contributed by atoms with van der Waals surface area (Å²) < 4.78 is 13.7. The van der Waals surface area contributed by atoms with Crippen molar-refractivity contribution >= 4 is 11.6 Å². The zero-order valence-corrected chi connectivity index (χ0v) is 14.1. The maximum Gasteiger partial charge on any atom is 0.257 e. The standard InChI is InChI=1S/C18H23FN4O/c1-12(2)17-14(11-20-22-17)18(24)23-9-7-13(8-10-23)21-16-6-4-3-5-15(16)19/h3-6,11-13,21H,7-10H2,1-2H3,(H,20,22). The molecule has 0 unspecified atom stereocenters. The minimum atomic E-state index is -0.240. The number of benzene rings is 1. The second-order valence-electron chi connectivity index (χ2n) is 6.54. The van der Waals surface area contributed by atoms with Crippen LogP contribution in [-0.2, 0) is 0 Å². The molecule has 2 aromatic rings. The fourth-order valence-electron chi connectivity index (χ4n) is 3.10. The molecule has 1 aromatic heterocycles. The number of hydrogen-bond donors (Lipinski definition) is 2. The molecule has 3 rings (SSSR count). The van der Waals surface area contributed by atoms with Gasteiger partial charge in [-0.2, -0.15) is 5.10 Å². The Morgan fingerprint density at radius 2 is 2.04 bits per heavy atom. The molecule has 128 valence electrons. The maximum absolute atomic E-state index is 13.7. The van der Waals surface area contributed by atoms with Crippen LogP contribution in [0.15, 0.2) is 30.5 Å². The minimum Gasteiger partial charge on any atom is -0.380 e. The van der Waals surface area contributed by atoms with Crippen molar-refractivity contribution in [3.63, 3.8) is 0 Å². The van der Waals surface area contributed by atoms with Crippen LogP contribution in [-0.4, -0.2) is 40.1 Å². The van der Waals surface area contributed by atoms with Gasteiger partial charge in [0.05, 0.1) is 23.1 Å². The average Bonchev–Trinajstić information content (AvgIpc) is 3.07. The number of nitrogens with one attached hydrogen (secondary N) is 2. The van der Waals surface area contributed by atoms with Crippen LogP contribution in [0.25, 0.3) is 0 Å². The lowest BCUT2D eigenvalue weighted by Crippen LogP contribution is -2.42. The smallest absolute Gasteiger partial charge is 0.257 e.